The summed E-state index contributed by atoms with van der Waals surface area (Å²) in [6.07, 6.45) is 3.84. The highest BCUT2D eigenvalue weighted by Gasteiger charge is 2.29. The smallest absolute Gasteiger partial charge is 0.261 e. The SMILES string of the molecule is O=C(Nc1ccc2oc(C3CC3)nc2c1)c1cccnc1Oc1ccc(Br)cc1. The molecule has 0 bridgehead atoms. The maximum absolute atomic E-state index is 12.9. The van der Waals surface area contributed by atoms with Crippen LogP contribution in [0.3, 0.4) is 0 Å². The fourth-order valence-electron chi connectivity index (χ4n) is 2.99. The van der Waals surface area contributed by atoms with Crippen molar-refractivity contribution in [1.82, 2.24) is 9.97 Å². The van der Waals surface area contributed by atoms with Gasteiger partial charge in [0, 0.05) is 22.3 Å². The molecule has 1 aliphatic rings. The molecule has 1 amide bonds. The van der Waals surface area contributed by atoms with Gasteiger partial charge < -0.3 is 14.5 Å². The zero-order chi connectivity index (χ0) is 19.8. The lowest BCUT2D eigenvalue weighted by Crippen LogP contribution is -2.13. The van der Waals surface area contributed by atoms with Gasteiger partial charge >= 0.3 is 0 Å². The van der Waals surface area contributed by atoms with Crippen LogP contribution in [0.2, 0.25) is 0 Å². The topological polar surface area (TPSA) is 77.3 Å². The normalized spacial score (nSPS) is 13.4. The molecule has 5 rings (SSSR count). The van der Waals surface area contributed by atoms with E-state index in [1.807, 2.05) is 24.3 Å². The number of rotatable bonds is 5. The Balaban J connectivity index is 1.37. The number of pyridine rings is 1. The quantitative estimate of drug-likeness (QED) is 0.409. The molecule has 7 heteroatoms. The number of anilines is 1. The van der Waals surface area contributed by atoms with Crippen molar-refractivity contribution >= 4 is 38.6 Å². The van der Waals surface area contributed by atoms with Gasteiger partial charge in [0.1, 0.15) is 16.8 Å². The standard InChI is InChI=1S/C22H16BrN3O3/c23-14-5-8-16(9-6-14)28-22-17(2-1-11-24-22)20(27)25-15-7-10-19-18(12-15)26-21(29-19)13-3-4-13/h1-2,5-13H,3-4H2,(H,25,27). The van der Waals surface area contributed by atoms with E-state index in [0.29, 0.717) is 22.9 Å². The van der Waals surface area contributed by atoms with Crippen LogP contribution in [-0.2, 0) is 0 Å². The molecule has 6 nitrogen and oxygen atoms in total. The number of hydrogen-bond donors (Lipinski definition) is 1. The minimum atomic E-state index is -0.310. The summed E-state index contributed by atoms with van der Waals surface area (Å²) < 4.78 is 12.5. The third-order valence-corrected chi connectivity index (χ3v) is 5.16. The molecule has 144 valence electrons. The molecule has 2 aromatic heterocycles. The van der Waals surface area contributed by atoms with Crippen LogP contribution in [0.25, 0.3) is 11.1 Å². The summed E-state index contributed by atoms with van der Waals surface area (Å²) >= 11 is 3.39. The first-order valence-corrected chi connectivity index (χ1v) is 10.1. The van der Waals surface area contributed by atoms with E-state index in [2.05, 4.69) is 31.2 Å². The van der Waals surface area contributed by atoms with Crippen LogP contribution < -0.4 is 10.1 Å². The molecule has 2 heterocycles. The molecular formula is C22H16BrN3O3. The Morgan fingerprint density at radius 2 is 1.97 bits per heavy atom. The second-order valence-corrected chi connectivity index (χ2v) is 7.79. The molecule has 0 aliphatic heterocycles. The van der Waals surface area contributed by atoms with Crippen LogP contribution in [0.1, 0.15) is 35.0 Å². The van der Waals surface area contributed by atoms with Crippen molar-refractivity contribution in [3.05, 3.63) is 76.7 Å². The van der Waals surface area contributed by atoms with Crippen LogP contribution in [0.15, 0.2) is 69.7 Å². The van der Waals surface area contributed by atoms with Crippen LogP contribution >= 0.6 is 15.9 Å². The van der Waals surface area contributed by atoms with Crippen LogP contribution in [0.4, 0.5) is 5.69 Å². The number of fused-ring (bicyclic) bond motifs is 1. The molecule has 0 atom stereocenters. The Hall–Kier alpha value is -3.19. The lowest BCUT2D eigenvalue weighted by molar-refractivity contribution is 0.102. The number of benzene rings is 2. The first kappa shape index (κ1) is 17.9. The second kappa shape index (κ2) is 7.33. The summed E-state index contributed by atoms with van der Waals surface area (Å²) in [6, 6.07) is 16.1. The zero-order valence-corrected chi connectivity index (χ0v) is 16.8. The number of nitrogens with one attached hydrogen (secondary N) is 1. The van der Waals surface area contributed by atoms with E-state index in [9.17, 15) is 4.79 Å². The van der Waals surface area contributed by atoms with Gasteiger partial charge in [-0.1, -0.05) is 15.9 Å². The van der Waals surface area contributed by atoms with Crippen LogP contribution in [0, 0.1) is 0 Å². The predicted octanol–water partition coefficient (Wildman–Crippen LogP) is 5.91. The molecule has 0 radical (unpaired) electrons. The van der Waals surface area contributed by atoms with Gasteiger partial charge in [0.2, 0.25) is 5.88 Å². The summed E-state index contributed by atoms with van der Waals surface area (Å²) in [5.74, 6) is 1.74. The van der Waals surface area contributed by atoms with Gasteiger partial charge in [-0.25, -0.2) is 9.97 Å². The number of hydrogen-bond acceptors (Lipinski definition) is 5. The Morgan fingerprint density at radius 3 is 2.76 bits per heavy atom. The summed E-state index contributed by atoms with van der Waals surface area (Å²) in [5, 5.41) is 2.89. The Kier molecular flexibility index (Phi) is 4.52. The van der Waals surface area contributed by atoms with Crippen molar-refractivity contribution in [1.29, 1.82) is 0 Å². The second-order valence-electron chi connectivity index (χ2n) is 6.88. The average Bonchev–Trinajstić information content (AvgIpc) is 3.49. The number of carbonyl (C=O) groups excluding carboxylic acids is 1. The summed E-state index contributed by atoms with van der Waals surface area (Å²) in [7, 11) is 0. The van der Waals surface area contributed by atoms with Gasteiger partial charge in [0.15, 0.2) is 11.5 Å². The number of carbonyl (C=O) groups is 1. The molecule has 0 saturated heterocycles. The molecular weight excluding hydrogens is 434 g/mol. The lowest BCUT2D eigenvalue weighted by Gasteiger charge is -2.10. The van der Waals surface area contributed by atoms with E-state index in [4.69, 9.17) is 9.15 Å². The van der Waals surface area contributed by atoms with E-state index >= 15 is 0 Å². The molecule has 2 aromatic carbocycles. The highest BCUT2D eigenvalue weighted by molar-refractivity contribution is 9.10. The van der Waals surface area contributed by atoms with Crippen molar-refractivity contribution in [2.24, 2.45) is 0 Å². The molecule has 29 heavy (non-hydrogen) atoms. The highest BCUT2D eigenvalue weighted by atomic mass is 79.9. The van der Waals surface area contributed by atoms with E-state index in [1.165, 1.54) is 0 Å². The fourth-order valence-corrected chi connectivity index (χ4v) is 3.25. The Labute approximate surface area is 175 Å². The van der Waals surface area contributed by atoms with Gasteiger partial charge in [-0.15, -0.1) is 0 Å². The number of amides is 1. The highest BCUT2D eigenvalue weighted by Crippen LogP contribution is 2.40. The summed E-state index contributed by atoms with van der Waals surface area (Å²) in [6.45, 7) is 0. The number of ether oxygens (including phenoxy) is 1. The van der Waals surface area contributed by atoms with Gasteiger partial charge in [-0.05, 0) is 67.4 Å². The Morgan fingerprint density at radius 1 is 1.14 bits per heavy atom. The number of aromatic nitrogens is 2. The van der Waals surface area contributed by atoms with E-state index < -0.39 is 0 Å². The molecule has 0 unspecified atom stereocenters. The van der Waals surface area contributed by atoms with Crippen molar-refractivity contribution in [3.8, 4) is 11.6 Å². The fraction of sp³-hybridized carbons (Fsp3) is 0.136. The molecule has 1 N–H and O–H groups in total. The van der Waals surface area contributed by atoms with E-state index in [-0.39, 0.29) is 11.8 Å². The lowest BCUT2D eigenvalue weighted by atomic mass is 10.2. The molecule has 1 fully saturated rings. The van der Waals surface area contributed by atoms with E-state index in [1.54, 1.807) is 36.5 Å². The van der Waals surface area contributed by atoms with Crippen molar-refractivity contribution < 1.29 is 13.9 Å². The maximum Gasteiger partial charge on any atom is 0.261 e. The first-order chi connectivity index (χ1) is 14.2. The monoisotopic (exact) mass is 449 g/mol. The zero-order valence-electron chi connectivity index (χ0n) is 15.3. The van der Waals surface area contributed by atoms with Crippen molar-refractivity contribution in [3.63, 3.8) is 0 Å². The van der Waals surface area contributed by atoms with Gasteiger partial charge in [-0.3, -0.25) is 4.79 Å². The number of halogens is 1. The van der Waals surface area contributed by atoms with Crippen LogP contribution in [-0.4, -0.2) is 15.9 Å². The molecule has 1 saturated carbocycles. The van der Waals surface area contributed by atoms with Gasteiger partial charge in [0.05, 0.1) is 0 Å². The molecule has 4 aromatic rings. The maximum atomic E-state index is 12.9. The van der Waals surface area contributed by atoms with Gasteiger partial charge in [-0.2, -0.15) is 0 Å². The van der Waals surface area contributed by atoms with Gasteiger partial charge in [0.25, 0.3) is 5.91 Å². The van der Waals surface area contributed by atoms with Crippen molar-refractivity contribution in [2.75, 3.05) is 5.32 Å². The third-order valence-electron chi connectivity index (χ3n) is 4.63. The minimum absolute atomic E-state index is 0.242. The number of nitrogens with zero attached hydrogens (tertiary/aromatic N) is 2. The third kappa shape index (κ3) is 3.86. The number of oxazole rings is 1. The Bertz CT molecular complexity index is 1200. The molecule has 0 spiro atoms. The summed E-state index contributed by atoms with van der Waals surface area (Å²) in [4.78, 5) is 21.6. The largest absolute Gasteiger partial charge is 0.440 e. The average molecular weight is 450 g/mol. The predicted molar refractivity (Wildman–Crippen MR) is 112 cm³/mol. The first-order valence-electron chi connectivity index (χ1n) is 9.26. The van der Waals surface area contributed by atoms with E-state index in [0.717, 1.165) is 34.3 Å². The van der Waals surface area contributed by atoms with Crippen molar-refractivity contribution in [2.45, 2.75) is 18.8 Å². The molecule has 1 aliphatic carbocycles. The minimum Gasteiger partial charge on any atom is -0.440 e. The van der Waals surface area contributed by atoms with Crippen LogP contribution in [0.5, 0.6) is 11.6 Å². The summed E-state index contributed by atoms with van der Waals surface area (Å²) in [5.41, 5.74) is 2.44.